The maximum Gasteiger partial charge on any atom is 0.341 e. The van der Waals surface area contributed by atoms with Crippen molar-refractivity contribution in [3.8, 4) is 34.4 Å². The van der Waals surface area contributed by atoms with Crippen molar-refractivity contribution in [3.05, 3.63) is 71.6 Å². The molecule has 2 aromatic carbocycles. The van der Waals surface area contributed by atoms with E-state index in [0.29, 0.717) is 16.8 Å². The normalized spacial score (nSPS) is 9.73. The van der Waals surface area contributed by atoms with Crippen molar-refractivity contribution >= 4 is 5.97 Å². The number of hydrogen-bond acceptors (Lipinski definition) is 4. The molecule has 176 valence electrons. The second-order valence-electron chi connectivity index (χ2n) is 6.44. The Hall–Kier alpha value is -3.63. The number of halogens is 2. The molecule has 0 aliphatic heterocycles. The molecular formula is C26H29F2NO4. The predicted molar refractivity (Wildman–Crippen MR) is 126 cm³/mol. The van der Waals surface area contributed by atoms with E-state index in [1.807, 2.05) is 0 Å². The van der Waals surface area contributed by atoms with Gasteiger partial charge in [0.05, 0.1) is 12.2 Å². The summed E-state index contributed by atoms with van der Waals surface area (Å²) in [6.45, 7) is 3.56. The van der Waals surface area contributed by atoms with Gasteiger partial charge in [0.2, 0.25) is 0 Å². The van der Waals surface area contributed by atoms with Gasteiger partial charge in [0.25, 0.3) is 0 Å². The Labute approximate surface area is 193 Å². The van der Waals surface area contributed by atoms with Crippen molar-refractivity contribution in [2.24, 2.45) is 0 Å². The number of nitrogens with zero attached hydrogens (tertiary/aromatic N) is 1. The summed E-state index contributed by atoms with van der Waals surface area (Å²) >= 11 is 0. The predicted octanol–water partition coefficient (Wildman–Crippen LogP) is 6.23. The molecule has 0 unspecified atom stereocenters. The second-order valence-corrected chi connectivity index (χ2v) is 6.44. The Bertz CT molecular complexity index is 1160. The number of ether oxygens (including phenoxy) is 3. The largest absolute Gasteiger partial charge is 0.467 e. The van der Waals surface area contributed by atoms with Crippen LogP contribution >= 0.6 is 0 Å². The molecule has 1 heterocycles. The van der Waals surface area contributed by atoms with E-state index in [1.54, 1.807) is 49.0 Å². The van der Waals surface area contributed by atoms with Crippen molar-refractivity contribution in [1.82, 2.24) is 4.57 Å². The molecule has 0 aliphatic rings. The molecule has 0 N–H and O–H groups in total. The molecule has 0 aliphatic carbocycles. The van der Waals surface area contributed by atoms with Gasteiger partial charge < -0.3 is 18.8 Å². The Morgan fingerprint density at radius 1 is 1.06 bits per heavy atom. The van der Waals surface area contributed by atoms with Crippen LogP contribution in [-0.2, 0) is 9.47 Å². The Morgan fingerprint density at radius 3 is 2.45 bits per heavy atom. The highest BCUT2D eigenvalue weighted by atomic mass is 19.1. The number of carbonyl (C=O) groups is 1. The van der Waals surface area contributed by atoms with Crippen LogP contribution in [0.5, 0.6) is 5.75 Å². The maximum atomic E-state index is 14.4. The zero-order valence-corrected chi connectivity index (χ0v) is 17.4. The van der Waals surface area contributed by atoms with E-state index in [-0.39, 0.29) is 45.1 Å². The summed E-state index contributed by atoms with van der Waals surface area (Å²) in [5.74, 6) is 4.18. The number of aromatic nitrogens is 1. The first-order valence-corrected chi connectivity index (χ1v) is 9.52. The summed E-state index contributed by atoms with van der Waals surface area (Å²) in [4.78, 5) is 12.2. The average Bonchev–Trinajstić information content (AvgIpc) is 3.16. The van der Waals surface area contributed by atoms with E-state index in [4.69, 9.17) is 14.2 Å². The van der Waals surface area contributed by atoms with E-state index in [1.165, 1.54) is 19.2 Å². The summed E-state index contributed by atoms with van der Waals surface area (Å²) in [6, 6.07) is 8.35. The molecule has 0 radical (unpaired) electrons. The van der Waals surface area contributed by atoms with Crippen LogP contribution in [0.1, 0.15) is 44.6 Å². The van der Waals surface area contributed by atoms with E-state index >= 15 is 0 Å². The van der Waals surface area contributed by atoms with E-state index in [0.717, 1.165) is 6.07 Å². The molecule has 0 saturated heterocycles. The molecule has 0 saturated carbocycles. The molecule has 5 nitrogen and oxygen atoms in total. The van der Waals surface area contributed by atoms with Gasteiger partial charge >= 0.3 is 5.97 Å². The van der Waals surface area contributed by atoms with Crippen LogP contribution in [-0.4, -0.2) is 31.0 Å². The lowest BCUT2D eigenvalue weighted by atomic mass is 10.0. The van der Waals surface area contributed by atoms with Gasteiger partial charge in [-0.2, -0.15) is 0 Å². The molecule has 7 heteroatoms. The maximum absolute atomic E-state index is 14.4. The second kappa shape index (κ2) is 12.4. The minimum Gasteiger partial charge on any atom is -0.467 e. The van der Waals surface area contributed by atoms with Crippen molar-refractivity contribution in [2.45, 2.75) is 28.7 Å². The number of methoxy groups -OCH3 is 1. The van der Waals surface area contributed by atoms with Gasteiger partial charge in [-0.1, -0.05) is 20.8 Å². The molecular weight excluding hydrogens is 428 g/mol. The van der Waals surface area contributed by atoms with E-state index in [9.17, 15) is 13.6 Å². The van der Waals surface area contributed by atoms with Crippen LogP contribution in [0.15, 0.2) is 48.8 Å². The molecule has 3 rings (SSSR count). The first-order chi connectivity index (χ1) is 15.0. The molecule has 0 amide bonds. The fourth-order valence-corrected chi connectivity index (χ4v) is 3.05. The zero-order valence-electron chi connectivity index (χ0n) is 17.4. The fraction of sp³-hybridized carbons (Fsp3) is 0.269. The molecule has 3 aromatic rings. The first-order valence-electron chi connectivity index (χ1n) is 9.52. The van der Waals surface area contributed by atoms with Crippen LogP contribution < -0.4 is 4.74 Å². The summed E-state index contributed by atoms with van der Waals surface area (Å²) in [5.41, 5.74) is 2.22. The highest BCUT2D eigenvalue weighted by Crippen LogP contribution is 2.31. The quantitative estimate of drug-likeness (QED) is 0.240. The van der Waals surface area contributed by atoms with E-state index < -0.39 is 17.6 Å². The lowest BCUT2D eigenvalue weighted by Gasteiger charge is -2.12. The Balaban J connectivity index is 0.00000272. The smallest absolute Gasteiger partial charge is 0.341 e. The number of esters is 1. The average molecular weight is 458 g/mol. The summed E-state index contributed by atoms with van der Waals surface area (Å²) in [6.07, 6.45) is 3.42. The SMILES string of the molecule is C.C.CC#Cc1cn(-c2ccc(C(=O)OCC)c(OCOC)c2)cc1-c1ccc(F)cc1F. The van der Waals surface area contributed by atoms with Gasteiger partial charge in [-0.05, 0) is 38.1 Å². The number of hydrogen-bond donors (Lipinski definition) is 0. The van der Waals surface area contributed by atoms with Gasteiger partial charge in [0.1, 0.15) is 22.9 Å². The summed E-state index contributed by atoms with van der Waals surface area (Å²) in [7, 11) is 1.47. The van der Waals surface area contributed by atoms with Crippen LogP contribution in [0.2, 0.25) is 0 Å². The minimum atomic E-state index is -0.682. The van der Waals surface area contributed by atoms with Crippen LogP contribution in [0.4, 0.5) is 8.78 Å². The van der Waals surface area contributed by atoms with Gasteiger partial charge in [-0.3, -0.25) is 0 Å². The molecule has 0 bridgehead atoms. The van der Waals surface area contributed by atoms with Gasteiger partial charge in [-0.25, -0.2) is 13.6 Å². The Kier molecular flexibility index (Phi) is 10.3. The van der Waals surface area contributed by atoms with Crippen LogP contribution in [0, 0.1) is 23.5 Å². The summed E-state index contributed by atoms with van der Waals surface area (Å²) in [5, 5.41) is 0. The summed E-state index contributed by atoms with van der Waals surface area (Å²) < 4.78 is 45.1. The van der Waals surface area contributed by atoms with Gasteiger partial charge in [0.15, 0.2) is 6.79 Å². The molecule has 0 fully saturated rings. The Morgan fingerprint density at radius 2 is 1.82 bits per heavy atom. The number of benzene rings is 2. The molecule has 0 atom stereocenters. The lowest BCUT2D eigenvalue weighted by Crippen LogP contribution is -2.10. The standard InChI is InChI=1S/C24H21F2NO4.2CH4/c1-4-6-16-13-27(14-21(16)19-9-7-17(25)11-22(19)26)18-8-10-20(24(28)30-5-2)23(12-18)31-15-29-3;;/h7-14H,5,15H2,1-3H3;2*1H4. The fourth-order valence-electron chi connectivity index (χ4n) is 3.05. The zero-order chi connectivity index (χ0) is 22.4. The lowest BCUT2D eigenvalue weighted by molar-refractivity contribution is 0.0438. The van der Waals surface area contributed by atoms with Gasteiger partial charge in [-0.15, -0.1) is 5.92 Å². The van der Waals surface area contributed by atoms with Gasteiger partial charge in [0, 0.05) is 48.5 Å². The molecule has 1 aromatic heterocycles. The minimum absolute atomic E-state index is 0. The third kappa shape index (κ3) is 6.21. The highest BCUT2D eigenvalue weighted by molar-refractivity contribution is 5.93. The van der Waals surface area contributed by atoms with Crippen molar-refractivity contribution in [1.29, 1.82) is 0 Å². The topological polar surface area (TPSA) is 49.7 Å². The first kappa shape index (κ1) is 27.4. The number of rotatable bonds is 7. The van der Waals surface area contributed by atoms with Crippen molar-refractivity contribution in [2.75, 3.05) is 20.5 Å². The highest BCUT2D eigenvalue weighted by Gasteiger charge is 2.17. The van der Waals surface area contributed by atoms with Crippen molar-refractivity contribution in [3.63, 3.8) is 0 Å². The van der Waals surface area contributed by atoms with Crippen molar-refractivity contribution < 1.29 is 27.8 Å². The monoisotopic (exact) mass is 457 g/mol. The third-order valence-corrected chi connectivity index (χ3v) is 4.40. The molecule has 0 spiro atoms. The third-order valence-electron chi connectivity index (χ3n) is 4.40. The number of carbonyl (C=O) groups excluding carboxylic acids is 1. The molecule has 33 heavy (non-hydrogen) atoms. The van der Waals surface area contributed by atoms with E-state index in [2.05, 4.69) is 11.8 Å². The van der Waals surface area contributed by atoms with Crippen LogP contribution in [0.3, 0.4) is 0 Å². The van der Waals surface area contributed by atoms with Crippen LogP contribution in [0.25, 0.3) is 16.8 Å².